The first kappa shape index (κ1) is 12.4. The molecule has 88 valence electrons. The zero-order valence-electron chi connectivity index (χ0n) is 8.84. The third-order valence-electron chi connectivity index (χ3n) is 2.00. The van der Waals surface area contributed by atoms with Crippen molar-refractivity contribution in [1.82, 2.24) is 9.97 Å². The summed E-state index contributed by atoms with van der Waals surface area (Å²) >= 11 is 6.47. The first-order valence-electron chi connectivity index (χ1n) is 4.78. The summed E-state index contributed by atoms with van der Waals surface area (Å²) in [5, 5.41) is 2.90. The van der Waals surface area contributed by atoms with Crippen molar-refractivity contribution >= 4 is 43.4 Å². The second-order valence-corrected chi connectivity index (χ2v) is 5.10. The Morgan fingerprint density at radius 2 is 1.94 bits per heavy atom. The van der Waals surface area contributed by atoms with E-state index >= 15 is 0 Å². The molecule has 17 heavy (non-hydrogen) atoms. The Balaban J connectivity index is 2.31. The molecule has 1 N–H and O–H groups in total. The fourth-order valence-electron chi connectivity index (χ4n) is 1.32. The second kappa shape index (κ2) is 5.10. The number of nitrogens with one attached hydrogen (secondary N) is 1. The number of nitrogens with zero attached hydrogens (tertiary/aromatic N) is 2. The summed E-state index contributed by atoms with van der Waals surface area (Å²) in [5.74, 6) is 0.816. The standard InChI is InChI=1S/C11H8Br2FN3/c1-6-15-10(13)5-11(16-6)17-9-3-2-7(12)4-8(9)14/h2-5H,1H3,(H,15,16,17). The molecule has 1 heterocycles. The van der Waals surface area contributed by atoms with Gasteiger partial charge in [0, 0.05) is 10.5 Å². The number of hydrogen-bond acceptors (Lipinski definition) is 3. The van der Waals surface area contributed by atoms with Crippen LogP contribution in [0.4, 0.5) is 15.9 Å². The molecule has 1 aromatic carbocycles. The Hall–Kier alpha value is -1.01. The molecule has 0 unspecified atom stereocenters. The van der Waals surface area contributed by atoms with E-state index in [4.69, 9.17) is 0 Å². The molecule has 2 aromatic rings. The molecule has 0 aliphatic carbocycles. The highest BCUT2D eigenvalue weighted by molar-refractivity contribution is 9.10. The van der Waals surface area contributed by atoms with E-state index in [9.17, 15) is 4.39 Å². The van der Waals surface area contributed by atoms with E-state index in [0.29, 0.717) is 26.4 Å². The molecule has 0 aliphatic rings. The minimum absolute atomic E-state index is 0.341. The number of aromatic nitrogens is 2. The molecular formula is C11H8Br2FN3. The van der Waals surface area contributed by atoms with Crippen LogP contribution in [0.3, 0.4) is 0 Å². The number of aryl methyl sites for hydroxylation is 1. The summed E-state index contributed by atoms with van der Waals surface area (Å²) in [5.41, 5.74) is 0.373. The smallest absolute Gasteiger partial charge is 0.147 e. The molecule has 3 nitrogen and oxygen atoms in total. The van der Waals surface area contributed by atoms with Crippen molar-refractivity contribution < 1.29 is 4.39 Å². The summed E-state index contributed by atoms with van der Waals surface area (Å²) in [6.07, 6.45) is 0. The highest BCUT2D eigenvalue weighted by Gasteiger charge is 2.05. The molecule has 0 bridgehead atoms. The van der Waals surface area contributed by atoms with Gasteiger partial charge in [-0.3, -0.25) is 0 Å². The Bertz CT molecular complexity index is 540. The summed E-state index contributed by atoms with van der Waals surface area (Å²) in [6.45, 7) is 1.77. The van der Waals surface area contributed by atoms with Crippen molar-refractivity contribution in [2.24, 2.45) is 0 Å². The van der Waals surface area contributed by atoms with Crippen LogP contribution in [0.1, 0.15) is 5.82 Å². The average molecular weight is 361 g/mol. The monoisotopic (exact) mass is 359 g/mol. The SMILES string of the molecule is Cc1nc(Br)cc(Nc2ccc(Br)cc2F)n1. The van der Waals surface area contributed by atoms with Crippen molar-refractivity contribution in [1.29, 1.82) is 0 Å². The zero-order valence-corrected chi connectivity index (χ0v) is 12.0. The van der Waals surface area contributed by atoms with E-state index < -0.39 is 0 Å². The third-order valence-corrected chi connectivity index (χ3v) is 2.90. The fourth-order valence-corrected chi connectivity index (χ4v) is 2.13. The molecule has 0 fully saturated rings. The Morgan fingerprint density at radius 3 is 2.59 bits per heavy atom. The Kier molecular flexibility index (Phi) is 3.73. The largest absolute Gasteiger partial charge is 0.338 e. The lowest BCUT2D eigenvalue weighted by molar-refractivity contribution is 0.631. The third kappa shape index (κ3) is 3.23. The molecule has 2 rings (SSSR count). The van der Waals surface area contributed by atoms with Gasteiger partial charge in [-0.25, -0.2) is 14.4 Å². The molecule has 0 radical (unpaired) electrons. The molecule has 0 saturated carbocycles. The summed E-state index contributed by atoms with van der Waals surface area (Å²) in [6, 6.07) is 6.49. The predicted molar refractivity (Wildman–Crippen MR) is 71.9 cm³/mol. The van der Waals surface area contributed by atoms with Gasteiger partial charge in [0.05, 0.1) is 5.69 Å². The second-order valence-electron chi connectivity index (χ2n) is 3.37. The van der Waals surface area contributed by atoms with E-state index in [1.807, 2.05) is 0 Å². The number of hydrogen-bond donors (Lipinski definition) is 1. The van der Waals surface area contributed by atoms with Crippen LogP contribution in [0.15, 0.2) is 33.3 Å². The first-order valence-corrected chi connectivity index (χ1v) is 6.36. The van der Waals surface area contributed by atoms with Crippen molar-refractivity contribution in [3.63, 3.8) is 0 Å². The van der Waals surface area contributed by atoms with Crippen LogP contribution >= 0.6 is 31.9 Å². The molecule has 0 amide bonds. The number of anilines is 2. The van der Waals surface area contributed by atoms with E-state index in [1.54, 1.807) is 25.1 Å². The lowest BCUT2D eigenvalue weighted by Gasteiger charge is -2.07. The van der Waals surface area contributed by atoms with Crippen molar-refractivity contribution in [2.45, 2.75) is 6.92 Å². The van der Waals surface area contributed by atoms with Gasteiger partial charge < -0.3 is 5.32 Å². The maximum absolute atomic E-state index is 13.6. The molecule has 0 aliphatic heterocycles. The Labute approximate surface area is 115 Å². The van der Waals surface area contributed by atoms with Crippen LogP contribution in [0, 0.1) is 12.7 Å². The number of benzene rings is 1. The van der Waals surface area contributed by atoms with E-state index in [0.717, 1.165) is 0 Å². The van der Waals surface area contributed by atoms with Crippen LogP contribution in [0.2, 0.25) is 0 Å². The molecule has 0 atom stereocenters. The van der Waals surface area contributed by atoms with Gasteiger partial charge in [-0.1, -0.05) is 15.9 Å². The van der Waals surface area contributed by atoms with Crippen molar-refractivity contribution in [3.8, 4) is 0 Å². The van der Waals surface area contributed by atoms with E-state index in [-0.39, 0.29) is 5.82 Å². The number of rotatable bonds is 2. The molecule has 0 saturated heterocycles. The minimum atomic E-state index is -0.341. The van der Waals surface area contributed by atoms with Gasteiger partial charge in [0.15, 0.2) is 0 Å². The molecular weight excluding hydrogens is 353 g/mol. The van der Waals surface area contributed by atoms with Gasteiger partial charge in [0.2, 0.25) is 0 Å². The fraction of sp³-hybridized carbons (Fsp3) is 0.0909. The predicted octanol–water partition coefficient (Wildman–Crippen LogP) is 4.19. The summed E-state index contributed by atoms with van der Waals surface area (Å²) < 4.78 is 14.9. The van der Waals surface area contributed by atoms with Crippen LogP contribution in [0.5, 0.6) is 0 Å². The van der Waals surface area contributed by atoms with Crippen LogP contribution in [-0.4, -0.2) is 9.97 Å². The quantitative estimate of drug-likeness (QED) is 0.816. The highest BCUT2D eigenvalue weighted by atomic mass is 79.9. The maximum atomic E-state index is 13.6. The summed E-state index contributed by atoms with van der Waals surface area (Å²) in [4.78, 5) is 8.24. The van der Waals surface area contributed by atoms with Gasteiger partial charge in [-0.2, -0.15) is 0 Å². The minimum Gasteiger partial charge on any atom is -0.338 e. The zero-order chi connectivity index (χ0) is 12.4. The van der Waals surface area contributed by atoms with Crippen molar-refractivity contribution in [3.05, 3.63) is 45.0 Å². The van der Waals surface area contributed by atoms with Crippen LogP contribution in [-0.2, 0) is 0 Å². The molecule has 1 aromatic heterocycles. The number of halogens is 3. The van der Waals surface area contributed by atoms with Crippen LogP contribution in [0.25, 0.3) is 0 Å². The molecule has 0 spiro atoms. The maximum Gasteiger partial charge on any atom is 0.147 e. The van der Waals surface area contributed by atoms with Gasteiger partial charge in [-0.15, -0.1) is 0 Å². The lowest BCUT2D eigenvalue weighted by atomic mass is 10.3. The van der Waals surface area contributed by atoms with E-state index in [2.05, 4.69) is 47.1 Å². The Morgan fingerprint density at radius 1 is 1.18 bits per heavy atom. The van der Waals surface area contributed by atoms with Gasteiger partial charge in [0.25, 0.3) is 0 Å². The topological polar surface area (TPSA) is 37.8 Å². The van der Waals surface area contributed by atoms with Gasteiger partial charge in [-0.05, 0) is 41.1 Å². The summed E-state index contributed by atoms with van der Waals surface area (Å²) in [7, 11) is 0. The lowest BCUT2D eigenvalue weighted by Crippen LogP contribution is -1.99. The average Bonchev–Trinajstić information content (AvgIpc) is 2.21. The normalized spacial score (nSPS) is 10.4. The first-order chi connectivity index (χ1) is 8.04. The van der Waals surface area contributed by atoms with Crippen LogP contribution < -0.4 is 5.32 Å². The highest BCUT2D eigenvalue weighted by Crippen LogP contribution is 2.23. The van der Waals surface area contributed by atoms with E-state index in [1.165, 1.54) is 6.07 Å². The van der Waals surface area contributed by atoms with Crippen molar-refractivity contribution in [2.75, 3.05) is 5.32 Å². The van der Waals surface area contributed by atoms with Gasteiger partial charge in [0.1, 0.15) is 22.1 Å². The van der Waals surface area contributed by atoms with Gasteiger partial charge >= 0.3 is 0 Å². The molecule has 6 heteroatoms.